The number of carbonyl (C=O) groups excluding carboxylic acids is 2. The number of hydrogen-bond donors (Lipinski definition) is 2. The van der Waals surface area contributed by atoms with Crippen molar-refractivity contribution in [3.8, 4) is 0 Å². The molecule has 0 aromatic rings. The molecule has 2 N–H and O–H groups in total. The van der Waals surface area contributed by atoms with Gasteiger partial charge in [-0.1, -0.05) is 32.6 Å². The fourth-order valence-corrected chi connectivity index (χ4v) is 2.38. The minimum absolute atomic E-state index is 0.134. The van der Waals surface area contributed by atoms with Crippen LogP contribution in [0, 0.1) is 11.3 Å². The third-order valence-electron chi connectivity index (χ3n) is 3.77. The number of unbranched alkanes of at least 4 members (excludes halogenated alkanes) is 3. The van der Waals surface area contributed by atoms with Crippen molar-refractivity contribution >= 4 is 11.6 Å². The number of aliphatic hydroxyl groups is 2. The molecule has 0 radical (unpaired) electrons. The van der Waals surface area contributed by atoms with Gasteiger partial charge in [-0.3, -0.25) is 9.59 Å². The molecule has 0 heterocycles. The van der Waals surface area contributed by atoms with Crippen molar-refractivity contribution in [2.45, 2.75) is 52.9 Å². The highest BCUT2D eigenvalue weighted by Gasteiger charge is 2.44. The Morgan fingerprint density at radius 3 is 1.94 bits per heavy atom. The first-order valence-corrected chi connectivity index (χ1v) is 6.69. The van der Waals surface area contributed by atoms with Crippen LogP contribution in [0.4, 0.5) is 0 Å². The predicted octanol–water partition coefficient (Wildman–Crippen LogP) is 1.72. The molecule has 0 aromatic carbocycles. The van der Waals surface area contributed by atoms with E-state index in [-0.39, 0.29) is 11.6 Å². The van der Waals surface area contributed by atoms with Gasteiger partial charge in [-0.15, -0.1) is 0 Å². The van der Waals surface area contributed by atoms with Gasteiger partial charge < -0.3 is 10.2 Å². The summed E-state index contributed by atoms with van der Waals surface area (Å²) in [6.07, 6.45) is 4.59. The van der Waals surface area contributed by atoms with Gasteiger partial charge in [-0.25, -0.2) is 0 Å². The molecule has 4 nitrogen and oxygen atoms in total. The highest BCUT2D eigenvalue weighted by molar-refractivity contribution is 5.90. The molecule has 0 aliphatic heterocycles. The van der Waals surface area contributed by atoms with Crippen LogP contribution in [0.1, 0.15) is 52.9 Å². The van der Waals surface area contributed by atoms with Gasteiger partial charge in [-0.05, 0) is 20.3 Å². The summed E-state index contributed by atoms with van der Waals surface area (Å²) in [5, 5.41) is 18.9. The molecule has 0 fully saturated rings. The molecule has 0 rings (SSSR count). The zero-order valence-corrected chi connectivity index (χ0v) is 11.7. The van der Waals surface area contributed by atoms with Crippen LogP contribution in [-0.2, 0) is 9.59 Å². The van der Waals surface area contributed by atoms with Crippen molar-refractivity contribution in [3.63, 3.8) is 0 Å². The lowest BCUT2D eigenvalue weighted by atomic mass is 9.69. The molecule has 0 saturated carbocycles. The van der Waals surface area contributed by atoms with Crippen LogP contribution in [-0.4, -0.2) is 35.0 Å². The molecule has 4 heteroatoms. The maximum absolute atomic E-state index is 11.7. The zero-order chi connectivity index (χ0) is 14.2. The van der Waals surface area contributed by atoms with E-state index in [2.05, 4.69) is 6.92 Å². The SMILES string of the molecule is CCCCCCC(C(C)=O)C(CO)(CO)C(C)=O. The zero-order valence-electron chi connectivity index (χ0n) is 11.7. The number of aliphatic hydroxyl groups excluding tert-OH is 2. The van der Waals surface area contributed by atoms with Crippen molar-refractivity contribution in [2.24, 2.45) is 11.3 Å². The van der Waals surface area contributed by atoms with Crippen LogP contribution in [0.3, 0.4) is 0 Å². The fraction of sp³-hybridized carbons (Fsp3) is 0.857. The van der Waals surface area contributed by atoms with E-state index in [1.54, 1.807) is 0 Å². The van der Waals surface area contributed by atoms with Crippen LogP contribution >= 0.6 is 0 Å². The number of ketones is 2. The van der Waals surface area contributed by atoms with E-state index >= 15 is 0 Å². The minimum atomic E-state index is -1.31. The van der Waals surface area contributed by atoms with E-state index in [1.807, 2.05) is 0 Å². The smallest absolute Gasteiger partial charge is 0.141 e. The number of rotatable bonds is 10. The number of Topliss-reactive ketones (excluding diaryl/α,β-unsaturated/α-hetero) is 2. The molecule has 0 aliphatic carbocycles. The van der Waals surface area contributed by atoms with E-state index in [1.165, 1.54) is 13.8 Å². The second-order valence-corrected chi connectivity index (χ2v) is 5.04. The molecular formula is C14H26O4. The predicted molar refractivity (Wildman–Crippen MR) is 70.2 cm³/mol. The van der Waals surface area contributed by atoms with Gasteiger partial charge in [0, 0.05) is 5.92 Å². The van der Waals surface area contributed by atoms with E-state index in [9.17, 15) is 19.8 Å². The monoisotopic (exact) mass is 258 g/mol. The molecule has 0 bridgehead atoms. The second-order valence-electron chi connectivity index (χ2n) is 5.04. The average molecular weight is 258 g/mol. The Balaban J connectivity index is 4.83. The molecule has 1 unspecified atom stereocenters. The summed E-state index contributed by atoms with van der Waals surface area (Å²) in [5.41, 5.74) is -1.31. The maximum Gasteiger partial charge on any atom is 0.141 e. The summed E-state index contributed by atoms with van der Waals surface area (Å²) in [4.78, 5) is 23.4. The molecule has 0 aliphatic rings. The van der Waals surface area contributed by atoms with Crippen molar-refractivity contribution in [2.75, 3.05) is 13.2 Å². The molecule has 18 heavy (non-hydrogen) atoms. The molecule has 0 aromatic heterocycles. The summed E-state index contributed by atoms with van der Waals surface area (Å²) in [5.74, 6) is -1.03. The molecule has 1 atom stereocenters. The number of carbonyl (C=O) groups is 2. The lowest BCUT2D eigenvalue weighted by Gasteiger charge is -2.34. The largest absolute Gasteiger partial charge is 0.395 e. The summed E-state index contributed by atoms with van der Waals surface area (Å²) in [7, 11) is 0. The van der Waals surface area contributed by atoms with Gasteiger partial charge in [0.2, 0.25) is 0 Å². The van der Waals surface area contributed by atoms with Crippen molar-refractivity contribution < 1.29 is 19.8 Å². The summed E-state index contributed by atoms with van der Waals surface area (Å²) < 4.78 is 0. The minimum Gasteiger partial charge on any atom is -0.395 e. The van der Waals surface area contributed by atoms with Gasteiger partial charge >= 0.3 is 0 Å². The fourth-order valence-electron chi connectivity index (χ4n) is 2.38. The lowest BCUT2D eigenvalue weighted by molar-refractivity contribution is -0.144. The van der Waals surface area contributed by atoms with Gasteiger partial charge in [0.25, 0.3) is 0 Å². The van der Waals surface area contributed by atoms with E-state index < -0.39 is 24.5 Å². The van der Waals surface area contributed by atoms with Crippen LogP contribution in [0.5, 0.6) is 0 Å². The van der Waals surface area contributed by atoms with Gasteiger partial charge in [0.15, 0.2) is 0 Å². The van der Waals surface area contributed by atoms with Gasteiger partial charge in [-0.2, -0.15) is 0 Å². The quantitative estimate of drug-likeness (QED) is 0.585. The van der Waals surface area contributed by atoms with Crippen LogP contribution < -0.4 is 0 Å². The van der Waals surface area contributed by atoms with Crippen molar-refractivity contribution in [1.29, 1.82) is 0 Å². The summed E-state index contributed by atoms with van der Waals surface area (Å²) in [6.45, 7) is 3.90. The number of hydrogen-bond acceptors (Lipinski definition) is 4. The first-order valence-electron chi connectivity index (χ1n) is 6.69. The van der Waals surface area contributed by atoms with Crippen LogP contribution in [0.2, 0.25) is 0 Å². The topological polar surface area (TPSA) is 74.6 Å². The highest BCUT2D eigenvalue weighted by atomic mass is 16.3. The average Bonchev–Trinajstić information content (AvgIpc) is 2.33. The third-order valence-corrected chi connectivity index (χ3v) is 3.77. The molecule has 0 amide bonds. The van der Waals surface area contributed by atoms with Crippen LogP contribution in [0.25, 0.3) is 0 Å². The van der Waals surface area contributed by atoms with E-state index in [0.29, 0.717) is 6.42 Å². The molecule has 0 saturated heterocycles. The highest BCUT2D eigenvalue weighted by Crippen LogP contribution is 2.33. The second kappa shape index (κ2) is 8.38. The Bertz CT molecular complexity index is 269. The molecule has 0 spiro atoms. The lowest BCUT2D eigenvalue weighted by Crippen LogP contribution is -2.47. The molecule has 106 valence electrons. The van der Waals surface area contributed by atoms with Crippen molar-refractivity contribution in [3.05, 3.63) is 0 Å². The first kappa shape index (κ1) is 17.3. The van der Waals surface area contributed by atoms with Crippen molar-refractivity contribution in [1.82, 2.24) is 0 Å². The van der Waals surface area contributed by atoms with Crippen LogP contribution in [0.15, 0.2) is 0 Å². The standard InChI is InChI=1S/C14H26O4/c1-4-5-6-7-8-13(11(2)17)14(9-15,10-16)12(3)18/h13,15-16H,4-10H2,1-3H3. The normalized spacial score (nSPS) is 13.4. The van der Waals surface area contributed by atoms with E-state index in [4.69, 9.17) is 0 Å². The van der Waals surface area contributed by atoms with Gasteiger partial charge in [0.05, 0.1) is 18.6 Å². The Morgan fingerprint density at radius 1 is 1.06 bits per heavy atom. The summed E-state index contributed by atoms with van der Waals surface area (Å²) >= 11 is 0. The van der Waals surface area contributed by atoms with Gasteiger partial charge in [0.1, 0.15) is 11.6 Å². The Labute approximate surface area is 109 Å². The Hall–Kier alpha value is -0.740. The Morgan fingerprint density at radius 2 is 1.61 bits per heavy atom. The van der Waals surface area contributed by atoms with E-state index in [0.717, 1.165) is 25.7 Å². The Kier molecular flexibility index (Phi) is 8.03. The third kappa shape index (κ3) is 4.18. The molecular weight excluding hydrogens is 232 g/mol. The summed E-state index contributed by atoms with van der Waals surface area (Å²) in [6, 6.07) is 0. The maximum atomic E-state index is 11.7. The first-order chi connectivity index (χ1) is 8.46.